The highest BCUT2D eigenvalue weighted by atomic mass is 32.1. The van der Waals surface area contributed by atoms with E-state index in [2.05, 4.69) is 29.4 Å². The molecule has 0 atom stereocenters. The van der Waals surface area contributed by atoms with Gasteiger partial charge in [0.05, 0.1) is 5.69 Å². The highest BCUT2D eigenvalue weighted by Crippen LogP contribution is 2.17. The summed E-state index contributed by atoms with van der Waals surface area (Å²) in [6, 6.07) is 0. The number of rotatable bonds is 1. The van der Waals surface area contributed by atoms with E-state index in [1.165, 1.54) is 5.69 Å². The molecule has 0 unspecified atom stereocenters. The van der Waals surface area contributed by atoms with Crippen molar-refractivity contribution in [3.63, 3.8) is 0 Å². The maximum absolute atomic E-state index is 4.45. The van der Waals surface area contributed by atoms with Crippen LogP contribution >= 0.6 is 11.3 Å². The van der Waals surface area contributed by atoms with Gasteiger partial charge in [-0.05, 0) is 5.92 Å². The molecule has 2 aromatic rings. The maximum atomic E-state index is 4.45. The van der Waals surface area contributed by atoms with Gasteiger partial charge in [0.25, 0.3) is 0 Å². The minimum absolute atomic E-state index is 0.530. The molecule has 0 aliphatic carbocycles. The first-order valence-corrected chi connectivity index (χ1v) is 4.57. The zero-order chi connectivity index (χ0) is 7.84. The fourth-order valence-corrected chi connectivity index (χ4v) is 1.73. The van der Waals surface area contributed by atoms with Crippen molar-refractivity contribution in [2.75, 3.05) is 0 Å². The Bertz CT molecular complexity index is 330. The zero-order valence-corrected chi connectivity index (χ0v) is 7.43. The molecular formula is C8H10N2S. The molecule has 0 amide bonds. The van der Waals surface area contributed by atoms with Crippen LogP contribution in [0.5, 0.6) is 0 Å². The van der Waals surface area contributed by atoms with Gasteiger partial charge in [-0.2, -0.15) is 0 Å². The summed E-state index contributed by atoms with van der Waals surface area (Å²) in [5.41, 5.74) is 1.18. The molecule has 0 aliphatic rings. The smallest absolute Gasteiger partial charge is 0.193 e. The van der Waals surface area contributed by atoms with E-state index in [9.17, 15) is 0 Å². The van der Waals surface area contributed by atoms with Crippen molar-refractivity contribution in [2.24, 2.45) is 0 Å². The number of imidazole rings is 1. The Morgan fingerprint density at radius 3 is 3.00 bits per heavy atom. The lowest BCUT2D eigenvalue weighted by Gasteiger charge is -1.94. The first kappa shape index (κ1) is 6.85. The van der Waals surface area contributed by atoms with Gasteiger partial charge in [-0.15, -0.1) is 11.3 Å². The molecule has 2 aromatic heterocycles. The SMILES string of the molecule is CC(C)c1cn2ccsc2n1. The Morgan fingerprint density at radius 2 is 2.36 bits per heavy atom. The van der Waals surface area contributed by atoms with Crippen molar-refractivity contribution >= 4 is 16.3 Å². The van der Waals surface area contributed by atoms with E-state index in [-0.39, 0.29) is 0 Å². The fraction of sp³-hybridized carbons (Fsp3) is 0.375. The minimum Gasteiger partial charge on any atom is -0.297 e. The van der Waals surface area contributed by atoms with Crippen LogP contribution in [0.1, 0.15) is 25.5 Å². The highest BCUT2D eigenvalue weighted by molar-refractivity contribution is 7.15. The normalized spacial score (nSPS) is 11.5. The quantitative estimate of drug-likeness (QED) is 0.636. The molecule has 0 saturated heterocycles. The van der Waals surface area contributed by atoms with E-state index in [4.69, 9.17) is 0 Å². The first-order valence-electron chi connectivity index (χ1n) is 3.69. The third-order valence-electron chi connectivity index (χ3n) is 1.70. The second-order valence-electron chi connectivity index (χ2n) is 2.91. The summed E-state index contributed by atoms with van der Waals surface area (Å²) < 4.78 is 2.07. The lowest BCUT2D eigenvalue weighted by atomic mass is 10.2. The summed E-state index contributed by atoms with van der Waals surface area (Å²) in [7, 11) is 0. The van der Waals surface area contributed by atoms with E-state index < -0.39 is 0 Å². The number of hydrogen-bond donors (Lipinski definition) is 0. The number of fused-ring (bicyclic) bond motifs is 1. The molecular weight excluding hydrogens is 156 g/mol. The van der Waals surface area contributed by atoms with Crippen LogP contribution in [0.4, 0.5) is 0 Å². The molecule has 0 bridgehead atoms. The molecule has 58 valence electrons. The van der Waals surface area contributed by atoms with Gasteiger partial charge in [-0.3, -0.25) is 4.40 Å². The summed E-state index contributed by atoms with van der Waals surface area (Å²) in [6.45, 7) is 4.32. The maximum Gasteiger partial charge on any atom is 0.193 e. The number of hydrogen-bond acceptors (Lipinski definition) is 2. The average molecular weight is 166 g/mol. The standard InChI is InChI=1S/C8H10N2S/c1-6(2)7-5-10-3-4-11-8(10)9-7/h3-6H,1-2H3. The molecule has 2 nitrogen and oxygen atoms in total. The van der Waals surface area contributed by atoms with E-state index in [1.807, 2.05) is 11.6 Å². The lowest BCUT2D eigenvalue weighted by Crippen LogP contribution is -1.84. The Balaban J connectivity index is 2.58. The van der Waals surface area contributed by atoms with Crippen LogP contribution in [0.15, 0.2) is 17.8 Å². The molecule has 0 fully saturated rings. The van der Waals surface area contributed by atoms with Crippen LogP contribution in [0.3, 0.4) is 0 Å². The third kappa shape index (κ3) is 1.05. The molecule has 0 radical (unpaired) electrons. The van der Waals surface area contributed by atoms with Crippen molar-refractivity contribution in [3.05, 3.63) is 23.5 Å². The van der Waals surface area contributed by atoms with Gasteiger partial charge < -0.3 is 0 Å². The molecule has 0 N–H and O–H groups in total. The molecule has 0 aromatic carbocycles. The van der Waals surface area contributed by atoms with Crippen LogP contribution in [-0.2, 0) is 0 Å². The van der Waals surface area contributed by atoms with Gasteiger partial charge in [0, 0.05) is 17.8 Å². The van der Waals surface area contributed by atoms with E-state index in [0.717, 1.165) is 4.96 Å². The summed E-state index contributed by atoms with van der Waals surface area (Å²) in [5.74, 6) is 0.530. The van der Waals surface area contributed by atoms with Crippen molar-refractivity contribution in [3.8, 4) is 0 Å². The highest BCUT2D eigenvalue weighted by Gasteiger charge is 2.04. The molecule has 0 saturated carbocycles. The lowest BCUT2D eigenvalue weighted by molar-refractivity contribution is 0.834. The van der Waals surface area contributed by atoms with Crippen LogP contribution in [0.25, 0.3) is 4.96 Å². The molecule has 0 spiro atoms. The van der Waals surface area contributed by atoms with E-state index >= 15 is 0 Å². The average Bonchev–Trinajstić information content (AvgIpc) is 2.40. The van der Waals surface area contributed by atoms with Crippen LogP contribution in [0, 0.1) is 0 Å². The van der Waals surface area contributed by atoms with Gasteiger partial charge >= 0.3 is 0 Å². The van der Waals surface area contributed by atoms with Crippen LogP contribution < -0.4 is 0 Å². The largest absolute Gasteiger partial charge is 0.297 e. The van der Waals surface area contributed by atoms with Crippen LogP contribution in [-0.4, -0.2) is 9.38 Å². The van der Waals surface area contributed by atoms with Crippen molar-refractivity contribution in [1.29, 1.82) is 0 Å². The molecule has 2 heterocycles. The Labute approximate surface area is 69.5 Å². The molecule has 0 aliphatic heterocycles. The fourth-order valence-electron chi connectivity index (χ4n) is 1.02. The Kier molecular flexibility index (Phi) is 1.46. The Hall–Kier alpha value is -0.830. The van der Waals surface area contributed by atoms with Gasteiger partial charge in [0.2, 0.25) is 0 Å². The predicted octanol–water partition coefficient (Wildman–Crippen LogP) is 2.52. The second-order valence-corrected chi connectivity index (χ2v) is 3.79. The van der Waals surface area contributed by atoms with Gasteiger partial charge in [0.1, 0.15) is 0 Å². The van der Waals surface area contributed by atoms with Crippen LogP contribution in [0.2, 0.25) is 0 Å². The molecule has 11 heavy (non-hydrogen) atoms. The van der Waals surface area contributed by atoms with Crippen molar-refractivity contribution < 1.29 is 0 Å². The molecule has 2 rings (SSSR count). The minimum atomic E-state index is 0.530. The summed E-state index contributed by atoms with van der Waals surface area (Å²) in [6.07, 6.45) is 4.13. The first-order chi connectivity index (χ1) is 5.27. The van der Waals surface area contributed by atoms with Gasteiger partial charge in [0.15, 0.2) is 4.96 Å². The summed E-state index contributed by atoms with van der Waals surface area (Å²) >= 11 is 1.68. The summed E-state index contributed by atoms with van der Waals surface area (Å²) in [4.78, 5) is 5.55. The summed E-state index contributed by atoms with van der Waals surface area (Å²) in [5, 5.41) is 2.05. The molecule has 3 heteroatoms. The van der Waals surface area contributed by atoms with Gasteiger partial charge in [-0.1, -0.05) is 13.8 Å². The number of nitrogens with zero attached hydrogens (tertiary/aromatic N) is 2. The van der Waals surface area contributed by atoms with Crippen molar-refractivity contribution in [1.82, 2.24) is 9.38 Å². The topological polar surface area (TPSA) is 17.3 Å². The van der Waals surface area contributed by atoms with Crippen molar-refractivity contribution in [2.45, 2.75) is 19.8 Å². The van der Waals surface area contributed by atoms with E-state index in [1.54, 1.807) is 11.3 Å². The van der Waals surface area contributed by atoms with E-state index in [0.29, 0.717) is 5.92 Å². The van der Waals surface area contributed by atoms with Gasteiger partial charge in [-0.25, -0.2) is 4.98 Å². The second kappa shape index (κ2) is 2.34. The predicted molar refractivity (Wildman–Crippen MR) is 47.2 cm³/mol. The monoisotopic (exact) mass is 166 g/mol. The number of thiazole rings is 1. The zero-order valence-electron chi connectivity index (χ0n) is 6.61. The number of aromatic nitrogens is 2. The third-order valence-corrected chi connectivity index (χ3v) is 2.47. The Morgan fingerprint density at radius 1 is 1.55 bits per heavy atom.